The zero-order valence-corrected chi connectivity index (χ0v) is 14.5. The number of Topliss-reactive ketones (excluding diaryl/α,β-unsaturated/α-hetero) is 1. The SMILES string of the molecule is CC(C)(C)OC(=O)N1C2CCC1CC(C(=O)C1CCOCC1)C2. The zero-order valence-electron chi connectivity index (χ0n) is 14.5. The largest absolute Gasteiger partial charge is 0.444 e. The van der Waals surface area contributed by atoms with Crippen LogP contribution in [0.3, 0.4) is 0 Å². The molecule has 0 radical (unpaired) electrons. The molecule has 3 rings (SSSR count). The van der Waals surface area contributed by atoms with Crippen molar-refractivity contribution in [3.63, 3.8) is 0 Å². The smallest absolute Gasteiger partial charge is 0.410 e. The first-order chi connectivity index (χ1) is 10.8. The van der Waals surface area contributed by atoms with Crippen molar-refractivity contribution >= 4 is 11.9 Å². The summed E-state index contributed by atoms with van der Waals surface area (Å²) in [6.07, 6.45) is 5.14. The van der Waals surface area contributed by atoms with Crippen LogP contribution in [-0.4, -0.2) is 47.7 Å². The average Bonchev–Trinajstić information content (AvgIpc) is 2.76. The van der Waals surface area contributed by atoms with Crippen molar-refractivity contribution in [1.29, 1.82) is 0 Å². The van der Waals surface area contributed by atoms with Gasteiger partial charge in [-0.15, -0.1) is 0 Å². The molecule has 3 heterocycles. The van der Waals surface area contributed by atoms with Crippen LogP contribution in [0, 0.1) is 11.8 Å². The van der Waals surface area contributed by atoms with E-state index in [1.807, 2.05) is 25.7 Å². The van der Waals surface area contributed by atoms with Gasteiger partial charge in [-0.25, -0.2) is 4.79 Å². The predicted octanol–water partition coefficient (Wildman–Crippen LogP) is 3.16. The number of fused-ring (bicyclic) bond motifs is 2. The van der Waals surface area contributed by atoms with Gasteiger partial charge in [-0.1, -0.05) is 0 Å². The Hall–Kier alpha value is -1.10. The van der Waals surface area contributed by atoms with E-state index in [1.165, 1.54) is 0 Å². The third kappa shape index (κ3) is 3.70. The maximum atomic E-state index is 12.8. The summed E-state index contributed by atoms with van der Waals surface area (Å²) in [5.74, 6) is 0.699. The molecular weight excluding hydrogens is 294 g/mol. The molecule has 2 unspecified atom stereocenters. The van der Waals surface area contributed by atoms with Crippen molar-refractivity contribution in [2.45, 2.75) is 77.0 Å². The van der Waals surface area contributed by atoms with Gasteiger partial charge in [0.15, 0.2) is 0 Å². The molecule has 23 heavy (non-hydrogen) atoms. The average molecular weight is 323 g/mol. The summed E-state index contributed by atoms with van der Waals surface area (Å²) < 4.78 is 10.9. The highest BCUT2D eigenvalue weighted by molar-refractivity contribution is 5.84. The van der Waals surface area contributed by atoms with Crippen LogP contribution in [0.4, 0.5) is 4.79 Å². The molecule has 0 aromatic heterocycles. The van der Waals surface area contributed by atoms with Gasteiger partial charge in [0.25, 0.3) is 0 Å². The second-order valence-electron chi connectivity index (χ2n) is 8.23. The molecule has 0 saturated carbocycles. The maximum absolute atomic E-state index is 12.8. The number of piperidine rings is 1. The Labute approximate surface area is 138 Å². The van der Waals surface area contributed by atoms with Crippen molar-refractivity contribution in [2.24, 2.45) is 11.8 Å². The standard InChI is InChI=1S/C18H29NO4/c1-18(2,3)23-17(21)19-14-4-5-15(19)11-13(10-14)16(20)12-6-8-22-9-7-12/h12-15H,4-11H2,1-3H3. The number of ketones is 1. The minimum Gasteiger partial charge on any atom is -0.444 e. The Bertz CT molecular complexity index is 450. The van der Waals surface area contributed by atoms with Crippen LogP contribution in [0.2, 0.25) is 0 Å². The number of ether oxygens (including phenoxy) is 2. The molecule has 5 heteroatoms. The number of carbonyl (C=O) groups is 2. The number of hydrogen-bond acceptors (Lipinski definition) is 4. The molecule has 0 aromatic carbocycles. The fourth-order valence-electron chi connectivity index (χ4n) is 4.34. The summed E-state index contributed by atoms with van der Waals surface area (Å²) in [5, 5.41) is 0. The van der Waals surface area contributed by atoms with Crippen LogP contribution in [0.5, 0.6) is 0 Å². The molecule has 5 nitrogen and oxygen atoms in total. The van der Waals surface area contributed by atoms with E-state index >= 15 is 0 Å². The molecule has 3 saturated heterocycles. The van der Waals surface area contributed by atoms with Gasteiger partial charge in [-0.2, -0.15) is 0 Å². The van der Waals surface area contributed by atoms with Gasteiger partial charge < -0.3 is 14.4 Å². The first-order valence-electron chi connectivity index (χ1n) is 8.98. The summed E-state index contributed by atoms with van der Waals surface area (Å²) in [6.45, 7) is 7.11. The van der Waals surface area contributed by atoms with E-state index < -0.39 is 5.60 Å². The first-order valence-corrected chi connectivity index (χ1v) is 8.98. The second kappa shape index (κ2) is 6.42. The van der Waals surface area contributed by atoms with Crippen molar-refractivity contribution < 1.29 is 19.1 Å². The quantitative estimate of drug-likeness (QED) is 0.783. The van der Waals surface area contributed by atoms with Crippen molar-refractivity contribution in [2.75, 3.05) is 13.2 Å². The van der Waals surface area contributed by atoms with E-state index in [4.69, 9.17) is 9.47 Å². The van der Waals surface area contributed by atoms with Crippen LogP contribution < -0.4 is 0 Å². The molecule has 3 fully saturated rings. The molecule has 2 bridgehead atoms. The summed E-state index contributed by atoms with van der Waals surface area (Å²) in [4.78, 5) is 27.2. The highest BCUT2D eigenvalue weighted by atomic mass is 16.6. The summed E-state index contributed by atoms with van der Waals surface area (Å²) >= 11 is 0. The Morgan fingerprint density at radius 3 is 2.04 bits per heavy atom. The van der Waals surface area contributed by atoms with Gasteiger partial charge in [0.1, 0.15) is 11.4 Å². The van der Waals surface area contributed by atoms with Gasteiger partial charge in [0.2, 0.25) is 0 Å². The summed E-state index contributed by atoms with van der Waals surface area (Å²) in [5.41, 5.74) is -0.467. The van der Waals surface area contributed by atoms with E-state index in [-0.39, 0.29) is 30.0 Å². The minimum absolute atomic E-state index is 0.120. The van der Waals surface area contributed by atoms with E-state index in [9.17, 15) is 9.59 Å². The normalized spacial score (nSPS) is 32.0. The van der Waals surface area contributed by atoms with Gasteiger partial charge in [0.05, 0.1) is 0 Å². The lowest BCUT2D eigenvalue weighted by Crippen LogP contribution is -2.50. The Morgan fingerprint density at radius 1 is 0.957 bits per heavy atom. The molecule has 0 aromatic rings. The Morgan fingerprint density at radius 2 is 1.52 bits per heavy atom. The van der Waals surface area contributed by atoms with Gasteiger partial charge >= 0.3 is 6.09 Å². The monoisotopic (exact) mass is 323 g/mol. The molecule has 0 N–H and O–H groups in total. The summed E-state index contributed by atoms with van der Waals surface area (Å²) in [7, 11) is 0. The number of nitrogens with zero attached hydrogens (tertiary/aromatic N) is 1. The lowest BCUT2D eigenvalue weighted by molar-refractivity contribution is -0.132. The number of carbonyl (C=O) groups excluding carboxylic acids is 2. The van der Waals surface area contributed by atoms with Crippen LogP contribution >= 0.6 is 0 Å². The Balaban J connectivity index is 1.62. The van der Waals surface area contributed by atoms with E-state index in [0.29, 0.717) is 19.0 Å². The van der Waals surface area contributed by atoms with Gasteiger partial charge in [0, 0.05) is 37.1 Å². The fraction of sp³-hybridized carbons (Fsp3) is 0.889. The zero-order chi connectivity index (χ0) is 16.6. The highest BCUT2D eigenvalue weighted by Gasteiger charge is 2.47. The molecule has 0 spiro atoms. The third-order valence-corrected chi connectivity index (χ3v) is 5.36. The fourth-order valence-corrected chi connectivity index (χ4v) is 4.34. The predicted molar refractivity (Wildman–Crippen MR) is 86.2 cm³/mol. The van der Waals surface area contributed by atoms with E-state index in [2.05, 4.69) is 0 Å². The lowest BCUT2D eigenvalue weighted by atomic mass is 9.80. The number of rotatable bonds is 2. The summed E-state index contributed by atoms with van der Waals surface area (Å²) in [6, 6.07) is 0.356. The Kier molecular flexibility index (Phi) is 4.68. The van der Waals surface area contributed by atoms with E-state index in [0.717, 1.165) is 38.5 Å². The second-order valence-corrected chi connectivity index (χ2v) is 8.23. The molecule has 3 aliphatic heterocycles. The van der Waals surface area contributed by atoms with Crippen LogP contribution in [0.15, 0.2) is 0 Å². The lowest BCUT2D eigenvalue weighted by Gasteiger charge is -2.40. The van der Waals surface area contributed by atoms with Crippen molar-refractivity contribution in [3.8, 4) is 0 Å². The van der Waals surface area contributed by atoms with Crippen molar-refractivity contribution in [1.82, 2.24) is 4.90 Å². The molecule has 0 aliphatic carbocycles. The number of amides is 1. The van der Waals surface area contributed by atoms with E-state index in [1.54, 1.807) is 0 Å². The maximum Gasteiger partial charge on any atom is 0.410 e. The number of hydrogen-bond donors (Lipinski definition) is 0. The molecular formula is C18H29NO4. The third-order valence-electron chi connectivity index (χ3n) is 5.36. The van der Waals surface area contributed by atoms with Crippen molar-refractivity contribution in [3.05, 3.63) is 0 Å². The van der Waals surface area contributed by atoms with Gasteiger partial charge in [-0.3, -0.25) is 4.79 Å². The molecule has 2 atom stereocenters. The first kappa shape index (κ1) is 16.7. The van der Waals surface area contributed by atoms with Crippen LogP contribution in [0.1, 0.15) is 59.3 Å². The minimum atomic E-state index is -0.467. The van der Waals surface area contributed by atoms with Gasteiger partial charge in [-0.05, 0) is 59.3 Å². The molecule has 130 valence electrons. The highest BCUT2D eigenvalue weighted by Crippen LogP contribution is 2.41. The topological polar surface area (TPSA) is 55.8 Å². The molecule has 3 aliphatic rings. The van der Waals surface area contributed by atoms with Crippen LogP contribution in [-0.2, 0) is 14.3 Å². The van der Waals surface area contributed by atoms with Crippen LogP contribution in [0.25, 0.3) is 0 Å². The molecule has 1 amide bonds.